The lowest BCUT2D eigenvalue weighted by atomic mass is 9.98. The van der Waals surface area contributed by atoms with Crippen LogP contribution in [0.4, 0.5) is 0 Å². The lowest BCUT2D eigenvalue weighted by Crippen LogP contribution is -2.11. The summed E-state index contributed by atoms with van der Waals surface area (Å²) in [6, 6.07) is 13.0. The topological polar surface area (TPSA) is 99.7 Å². The first-order valence-corrected chi connectivity index (χ1v) is 8.10. The van der Waals surface area contributed by atoms with Crippen LogP contribution in [0.2, 0.25) is 0 Å². The number of primary sulfonamides is 1. The molecule has 0 spiro atoms. The summed E-state index contributed by atoms with van der Waals surface area (Å²) in [6.45, 7) is 1.91. The smallest absolute Gasteiger partial charge is 0.240 e. The maximum Gasteiger partial charge on any atom is 0.240 e. The zero-order chi connectivity index (χ0) is 15.9. The van der Waals surface area contributed by atoms with Crippen molar-refractivity contribution in [3.63, 3.8) is 0 Å². The van der Waals surface area contributed by atoms with E-state index < -0.39 is 10.0 Å². The van der Waals surface area contributed by atoms with Crippen LogP contribution in [0.1, 0.15) is 11.1 Å². The first-order valence-electron chi connectivity index (χ1n) is 6.55. The number of hydrogen-bond acceptors (Lipinski definition) is 3. The van der Waals surface area contributed by atoms with Crippen LogP contribution in [0, 0.1) is 18.3 Å². The summed E-state index contributed by atoms with van der Waals surface area (Å²) >= 11 is 0. The molecule has 0 saturated heterocycles. The van der Waals surface area contributed by atoms with E-state index in [0.717, 1.165) is 16.7 Å². The quantitative estimate of drug-likeness (QED) is 0.761. The maximum atomic E-state index is 11.6. The van der Waals surface area contributed by atoms with Crippen LogP contribution in [-0.2, 0) is 10.0 Å². The fraction of sp³-hybridized carbons (Fsp3) is 0.0625. The number of aromatic nitrogens is 1. The number of fused-ring (bicyclic) bond motifs is 1. The first kappa shape index (κ1) is 14.3. The van der Waals surface area contributed by atoms with Gasteiger partial charge in [0.2, 0.25) is 10.0 Å². The summed E-state index contributed by atoms with van der Waals surface area (Å²) in [6.07, 6.45) is 1.40. The van der Waals surface area contributed by atoms with E-state index in [4.69, 9.17) is 10.4 Å². The van der Waals surface area contributed by atoms with Crippen molar-refractivity contribution in [1.29, 1.82) is 5.26 Å². The summed E-state index contributed by atoms with van der Waals surface area (Å²) in [5, 5.41) is 14.7. The lowest BCUT2D eigenvalue weighted by molar-refractivity contribution is 0.598. The zero-order valence-corrected chi connectivity index (χ0v) is 12.6. The van der Waals surface area contributed by atoms with Gasteiger partial charge in [-0.3, -0.25) is 0 Å². The Bertz CT molecular complexity index is 1010. The molecule has 0 fully saturated rings. The Kier molecular flexibility index (Phi) is 3.24. The monoisotopic (exact) mass is 311 g/mol. The van der Waals surface area contributed by atoms with Crippen molar-refractivity contribution in [3.05, 3.63) is 53.7 Å². The van der Waals surface area contributed by atoms with Crippen molar-refractivity contribution in [1.82, 2.24) is 4.98 Å². The van der Waals surface area contributed by atoms with Gasteiger partial charge in [-0.15, -0.1) is 0 Å². The van der Waals surface area contributed by atoms with E-state index in [1.54, 1.807) is 18.2 Å². The molecule has 3 N–H and O–H groups in total. The van der Waals surface area contributed by atoms with Crippen LogP contribution in [0.25, 0.3) is 22.0 Å². The molecule has 1 heterocycles. The predicted octanol–water partition coefficient (Wildman–Crippen LogP) is 2.66. The zero-order valence-electron chi connectivity index (χ0n) is 11.8. The Balaban J connectivity index is 2.20. The summed E-state index contributed by atoms with van der Waals surface area (Å²) in [5.74, 6) is 0. The number of hydrogen-bond donors (Lipinski definition) is 2. The molecule has 0 atom stereocenters. The van der Waals surface area contributed by atoms with Gasteiger partial charge in [-0.25, -0.2) is 13.6 Å². The molecule has 1 aromatic heterocycles. The number of sulfonamides is 1. The molecule has 0 amide bonds. The molecule has 0 aliphatic carbocycles. The highest BCUT2D eigenvalue weighted by molar-refractivity contribution is 7.89. The van der Waals surface area contributed by atoms with Gasteiger partial charge in [-0.1, -0.05) is 12.1 Å². The molecule has 0 aliphatic heterocycles. The van der Waals surface area contributed by atoms with Crippen molar-refractivity contribution < 1.29 is 8.42 Å². The van der Waals surface area contributed by atoms with Gasteiger partial charge < -0.3 is 4.98 Å². The molecule has 5 nitrogen and oxygen atoms in total. The molecular weight excluding hydrogens is 298 g/mol. The van der Waals surface area contributed by atoms with E-state index in [-0.39, 0.29) is 4.90 Å². The molecule has 110 valence electrons. The Morgan fingerprint density at radius 3 is 2.45 bits per heavy atom. The van der Waals surface area contributed by atoms with Crippen molar-refractivity contribution in [3.8, 4) is 17.2 Å². The Hall–Kier alpha value is -2.62. The minimum absolute atomic E-state index is 0.0944. The van der Waals surface area contributed by atoms with Gasteiger partial charge in [0.15, 0.2) is 0 Å². The second-order valence-electron chi connectivity index (χ2n) is 5.10. The molecule has 3 rings (SSSR count). The summed E-state index contributed by atoms with van der Waals surface area (Å²) in [5.41, 5.74) is 4.17. The number of nitrogens with zero attached hydrogens (tertiary/aromatic N) is 1. The van der Waals surface area contributed by atoms with E-state index in [1.165, 1.54) is 6.20 Å². The van der Waals surface area contributed by atoms with Crippen molar-refractivity contribution >= 4 is 20.9 Å². The number of nitriles is 1. The van der Waals surface area contributed by atoms with E-state index in [0.29, 0.717) is 16.5 Å². The molecule has 2 aromatic carbocycles. The number of aromatic amines is 1. The summed E-state index contributed by atoms with van der Waals surface area (Å²) < 4.78 is 23.1. The molecule has 6 heteroatoms. The molecule has 22 heavy (non-hydrogen) atoms. The SMILES string of the molecule is Cc1cc2c(S(N)(=O)=O)c[nH]c2cc1-c1ccc(C#N)cc1. The van der Waals surface area contributed by atoms with Crippen LogP contribution in [0.5, 0.6) is 0 Å². The highest BCUT2D eigenvalue weighted by atomic mass is 32.2. The first-order chi connectivity index (χ1) is 10.4. The van der Waals surface area contributed by atoms with Gasteiger partial charge in [0.25, 0.3) is 0 Å². The Morgan fingerprint density at radius 1 is 1.18 bits per heavy atom. The number of H-pyrrole nitrogens is 1. The lowest BCUT2D eigenvalue weighted by Gasteiger charge is -2.07. The largest absolute Gasteiger partial charge is 0.360 e. The van der Waals surface area contributed by atoms with Crippen molar-refractivity contribution in [2.24, 2.45) is 5.14 Å². The maximum absolute atomic E-state index is 11.6. The molecule has 0 radical (unpaired) electrons. The minimum atomic E-state index is -3.76. The number of nitrogens with one attached hydrogen (secondary N) is 1. The highest BCUT2D eigenvalue weighted by Crippen LogP contribution is 2.31. The molecule has 0 aliphatic rings. The van der Waals surface area contributed by atoms with Crippen molar-refractivity contribution in [2.75, 3.05) is 0 Å². The number of benzene rings is 2. The van der Waals surface area contributed by atoms with E-state index in [2.05, 4.69) is 11.1 Å². The van der Waals surface area contributed by atoms with Gasteiger partial charge in [-0.2, -0.15) is 5.26 Å². The predicted molar refractivity (Wildman–Crippen MR) is 84.6 cm³/mol. The molecular formula is C16H13N3O2S. The number of nitrogens with two attached hydrogens (primary N) is 1. The number of aryl methyl sites for hydroxylation is 1. The molecule has 0 unspecified atom stereocenters. The van der Waals surface area contributed by atoms with E-state index in [9.17, 15) is 8.42 Å². The average Bonchev–Trinajstić information content (AvgIpc) is 2.89. The van der Waals surface area contributed by atoms with Crippen LogP contribution >= 0.6 is 0 Å². The van der Waals surface area contributed by atoms with Crippen LogP contribution < -0.4 is 5.14 Å². The van der Waals surface area contributed by atoms with Gasteiger partial charge in [0.1, 0.15) is 4.90 Å². The van der Waals surface area contributed by atoms with Gasteiger partial charge in [-0.05, 0) is 47.9 Å². The van der Waals surface area contributed by atoms with Crippen LogP contribution in [0.3, 0.4) is 0 Å². The Labute approximate surface area is 128 Å². The normalized spacial score (nSPS) is 11.5. The van der Waals surface area contributed by atoms with Crippen LogP contribution in [-0.4, -0.2) is 13.4 Å². The Morgan fingerprint density at radius 2 is 1.86 bits per heavy atom. The van der Waals surface area contributed by atoms with Crippen LogP contribution in [0.15, 0.2) is 47.5 Å². The van der Waals surface area contributed by atoms with Gasteiger partial charge in [0, 0.05) is 17.1 Å². The number of rotatable bonds is 2. The van der Waals surface area contributed by atoms with Crippen molar-refractivity contribution in [2.45, 2.75) is 11.8 Å². The summed E-state index contributed by atoms with van der Waals surface area (Å²) in [7, 11) is -3.76. The minimum Gasteiger partial charge on any atom is -0.360 e. The van der Waals surface area contributed by atoms with Gasteiger partial charge >= 0.3 is 0 Å². The molecule has 0 saturated carbocycles. The van der Waals surface area contributed by atoms with E-state index in [1.807, 2.05) is 25.1 Å². The third-order valence-corrected chi connectivity index (χ3v) is 4.57. The van der Waals surface area contributed by atoms with E-state index >= 15 is 0 Å². The highest BCUT2D eigenvalue weighted by Gasteiger charge is 2.16. The average molecular weight is 311 g/mol. The molecule has 0 bridgehead atoms. The third kappa shape index (κ3) is 2.37. The second-order valence-corrected chi connectivity index (χ2v) is 6.63. The molecule has 3 aromatic rings. The van der Waals surface area contributed by atoms with Gasteiger partial charge in [0.05, 0.1) is 11.6 Å². The fourth-order valence-corrected chi connectivity index (χ4v) is 3.22. The summed E-state index contributed by atoms with van der Waals surface area (Å²) in [4.78, 5) is 3.04. The standard InChI is InChI=1S/C16H13N3O2S/c1-10-6-14-15(19-9-16(14)22(18,20)21)7-13(10)12-4-2-11(8-17)3-5-12/h2-7,9,19H,1H3,(H2,18,20,21). The second kappa shape index (κ2) is 4.98. The third-order valence-electron chi connectivity index (χ3n) is 3.62. The fourth-order valence-electron chi connectivity index (χ4n) is 2.52.